The molecule has 3 atom stereocenters. The van der Waals surface area contributed by atoms with Gasteiger partial charge in [0.2, 0.25) is 21.8 Å². The lowest BCUT2D eigenvalue weighted by molar-refractivity contribution is -0.135. The lowest BCUT2D eigenvalue weighted by Crippen LogP contribution is -2.48. The second-order valence-corrected chi connectivity index (χ2v) is 10.3. The van der Waals surface area contributed by atoms with E-state index in [0.717, 1.165) is 13.1 Å². The normalized spacial score (nSPS) is 30.5. The van der Waals surface area contributed by atoms with Gasteiger partial charge in [0.1, 0.15) is 6.04 Å². The van der Waals surface area contributed by atoms with E-state index in [1.807, 2.05) is 11.9 Å². The quantitative estimate of drug-likeness (QED) is 0.739. The van der Waals surface area contributed by atoms with E-state index in [9.17, 15) is 18.0 Å². The zero-order chi connectivity index (χ0) is 20.8. The average molecular weight is 421 g/mol. The average Bonchev–Trinajstić information content (AvgIpc) is 3.28. The highest BCUT2D eigenvalue weighted by molar-refractivity contribution is 7.89. The Hall–Kier alpha value is -1.97. The van der Waals surface area contributed by atoms with Crippen LogP contribution in [0.15, 0.2) is 35.2 Å². The summed E-state index contributed by atoms with van der Waals surface area (Å²) in [5, 5.41) is 2.59. The van der Waals surface area contributed by atoms with E-state index in [-0.39, 0.29) is 29.2 Å². The van der Waals surface area contributed by atoms with Gasteiger partial charge in [-0.25, -0.2) is 8.42 Å². The van der Waals surface area contributed by atoms with Crippen molar-refractivity contribution < 1.29 is 18.0 Å². The van der Waals surface area contributed by atoms with Gasteiger partial charge in [0.25, 0.3) is 0 Å². The molecule has 2 amide bonds. The Morgan fingerprint density at radius 1 is 1.07 bits per heavy atom. The maximum atomic E-state index is 13.2. The molecular weight excluding hydrogens is 392 g/mol. The van der Waals surface area contributed by atoms with Crippen LogP contribution in [0.2, 0.25) is 0 Å². The van der Waals surface area contributed by atoms with Crippen LogP contribution in [0.25, 0.3) is 0 Å². The number of hydrogen-bond donors (Lipinski definition) is 1. The smallest absolute Gasteiger partial charge is 0.243 e. The number of sulfonamides is 1. The molecule has 1 aromatic carbocycles. The highest BCUT2D eigenvalue weighted by Gasteiger charge is 2.66. The number of rotatable bonds is 4. The highest BCUT2D eigenvalue weighted by Crippen LogP contribution is 2.61. The summed E-state index contributed by atoms with van der Waals surface area (Å²) in [4.78, 5) is 29.8. The van der Waals surface area contributed by atoms with Gasteiger partial charge >= 0.3 is 0 Å². The Kier molecular flexibility index (Phi) is 5.16. The molecule has 0 bridgehead atoms. The number of nitrogens with zero attached hydrogens (tertiary/aromatic N) is 3. The first-order chi connectivity index (χ1) is 13.8. The molecule has 1 N–H and O–H groups in total. The minimum Gasteiger partial charge on any atom is -0.358 e. The first kappa shape index (κ1) is 20.3. The molecule has 0 unspecified atom stereocenters. The van der Waals surface area contributed by atoms with Crippen LogP contribution < -0.4 is 5.32 Å². The summed E-state index contributed by atoms with van der Waals surface area (Å²) < 4.78 is 27.8. The topological polar surface area (TPSA) is 90.0 Å². The summed E-state index contributed by atoms with van der Waals surface area (Å²) in [6.07, 6.45) is 1.04. The molecule has 2 saturated heterocycles. The number of benzene rings is 1. The lowest BCUT2D eigenvalue weighted by Gasteiger charge is -2.33. The fraction of sp³-hybridized carbons (Fsp3) is 0.600. The van der Waals surface area contributed by atoms with Crippen molar-refractivity contribution >= 4 is 21.8 Å². The molecule has 4 rings (SSSR count). The summed E-state index contributed by atoms with van der Waals surface area (Å²) in [6, 6.07) is 7.40. The van der Waals surface area contributed by atoms with Crippen molar-refractivity contribution in [3.8, 4) is 0 Å². The maximum absolute atomic E-state index is 13.2. The maximum Gasteiger partial charge on any atom is 0.243 e. The van der Waals surface area contributed by atoms with E-state index < -0.39 is 21.5 Å². The Bertz CT molecular complexity index is 898. The Morgan fingerprint density at radius 3 is 2.34 bits per heavy atom. The third-order valence-electron chi connectivity index (χ3n) is 6.62. The summed E-state index contributed by atoms with van der Waals surface area (Å²) in [5.74, 6) is -0.416. The highest BCUT2D eigenvalue weighted by atomic mass is 32.2. The van der Waals surface area contributed by atoms with Crippen molar-refractivity contribution in [3.63, 3.8) is 0 Å². The fourth-order valence-corrected chi connectivity index (χ4v) is 6.39. The molecule has 0 aromatic heterocycles. The third-order valence-corrected chi connectivity index (χ3v) is 8.49. The number of hydrogen-bond acceptors (Lipinski definition) is 5. The minimum atomic E-state index is -3.81. The molecule has 3 aliphatic rings. The van der Waals surface area contributed by atoms with Crippen molar-refractivity contribution in [2.45, 2.75) is 23.8 Å². The van der Waals surface area contributed by atoms with Crippen LogP contribution in [0.3, 0.4) is 0 Å². The second kappa shape index (κ2) is 7.37. The molecule has 1 spiro atoms. The first-order valence-corrected chi connectivity index (χ1v) is 11.5. The van der Waals surface area contributed by atoms with Crippen molar-refractivity contribution in [1.82, 2.24) is 19.4 Å². The van der Waals surface area contributed by atoms with E-state index in [0.29, 0.717) is 25.9 Å². The molecule has 158 valence electrons. The van der Waals surface area contributed by atoms with Crippen molar-refractivity contribution in [2.24, 2.45) is 11.3 Å². The molecule has 1 aliphatic carbocycles. The van der Waals surface area contributed by atoms with E-state index >= 15 is 0 Å². The molecule has 2 aliphatic heterocycles. The summed E-state index contributed by atoms with van der Waals surface area (Å²) in [7, 11) is -0.261. The van der Waals surface area contributed by atoms with E-state index in [4.69, 9.17) is 0 Å². The summed E-state index contributed by atoms with van der Waals surface area (Å²) in [5.41, 5.74) is -0.431. The molecule has 1 saturated carbocycles. The number of carbonyl (C=O) groups excluding carboxylic acids is 2. The van der Waals surface area contributed by atoms with Crippen LogP contribution in [0, 0.1) is 11.3 Å². The summed E-state index contributed by atoms with van der Waals surface area (Å²) >= 11 is 0. The fourth-order valence-electron chi connectivity index (χ4n) is 4.69. The van der Waals surface area contributed by atoms with Crippen LogP contribution in [0.1, 0.15) is 12.8 Å². The van der Waals surface area contributed by atoms with Crippen LogP contribution in [-0.2, 0) is 19.6 Å². The van der Waals surface area contributed by atoms with Gasteiger partial charge in [-0.3, -0.25) is 9.59 Å². The number of carbonyl (C=O) groups is 2. The summed E-state index contributed by atoms with van der Waals surface area (Å²) in [6.45, 7) is 3.31. The van der Waals surface area contributed by atoms with Crippen LogP contribution in [-0.4, -0.2) is 87.2 Å². The zero-order valence-corrected chi connectivity index (χ0v) is 17.7. The molecule has 1 aromatic rings. The molecule has 0 radical (unpaired) electrons. The van der Waals surface area contributed by atoms with Gasteiger partial charge in [-0.15, -0.1) is 0 Å². The van der Waals surface area contributed by atoms with Gasteiger partial charge in [0.05, 0.1) is 4.90 Å². The molecule has 9 heteroatoms. The van der Waals surface area contributed by atoms with E-state index in [1.54, 1.807) is 30.3 Å². The predicted molar refractivity (Wildman–Crippen MR) is 107 cm³/mol. The second-order valence-electron chi connectivity index (χ2n) is 8.45. The standard InChI is InChI=1S/C20H28N4O4S/c1-21-18(25)17-13-20(12-16(20)19(26)23-10-8-22(2)9-11-23)14-24(17)29(27,28)15-6-4-3-5-7-15/h3-7,16-17H,8-14H2,1-2H3,(H,21,25)/t16-,17+,20+/m1/s1. The Morgan fingerprint density at radius 2 is 1.72 bits per heavy atom. The van der Waals surface area contributed by atoms with Crippen molar-refractivity contribution in [3.05, 3.63) is 30.3 Å². The first-order valence-electron chi connectivity index (χ1n) is 10.0. The van der Waals surface area contributed by atoms with Crippen molar-refractivity contribution in [1.29, 1.82) is 0 Å². The molecule has 8 nitrogen and oxygen atoms in total. The van der Waals surface area contributed by atoms with Crippen LogP contribution in [0.5, 0.6) is 0 Å². The molecule has 29 heavy (non-hydrogen) atoms. The number of nitrogens with one attached hydrogen (secondary N) is 1. The van der Waals surface area contributed by atoms with Gasteiger partial charge < -0.3 is 15.1 Å². The third kappa shape index (κ3) is 3.55. The lowest BCUT2D eigenvalue weighted by atomic mass is 9.98. The van der Waals surface area contributed by atoms with Gasteiger partial charge in [-0.2, -0.15) is 4.31 Å². The van der Waals surface area contributed by atoms with Gasteiger partial charge in [-0.05, 0) is 37.4 Å². The van der Waals surface area contributed by atoms with Crippen molar-refractivity contribution in [2.75, 3.05) is 46.8 Å². The minimum absolute atomic E-state index is 0.104. The van der Waals surface area contributed by atoms with Gasteiger partial charge in [0, 0.05) is 45.7 Å². The number of amides is 2. The monoisotopic (exact) mass is 420 g/mol. The SMILES string of the molecule is CNC(=O)[C@@H]1C[C@@]2(C[C@@H]2C(=O)N2CCN(C)CC2)CN1S(=O)(=O)c1ccccc1. The van der Waals surface area contributed by atoms with Gasteiger partial charge in [0.15, 0.2) is 0 Å². The number of piperazine rings is 1. The predicted octanol–water partition coefficient (Wildman–Crippen LogP) is -0.0241. The van der Waals surface area contributed by atoms with Crippen LogP contribution in [0.4, 0.5) is 0 Å². The zero-order valence-electron chi connectivity index (χ0n) is 16.9. The van der Waals surface area contributed by atoms with E-state index in [2.05, 4.69) is 10.2 Å². The molecular formula is C20H28N4O4S. The Balaban J connectivity index is 1.56. The van der Waals surface area contributed by atoms with E-state index in [1.165, 1.54) is 11.4 Å². The molecule has 3 fully saturated rings. The van der Waals surface area contributed by atoms with Crippen LogP contribution >= 0.6 is 0 Å². The molecule has 2 heterocycles. The largest absolute Gasteiger partial charge is 0.358 e. The number of likely N-dealkylation sites (N-methyl/N-ethyl adjacent to an activating group) is 2. The Labute approximate surface area is 171 Å². The van der Waals surface area contributed by atoms with Gasteiger partial charge in [-0.1, -0.05) is 18.2 Å².